The molecule has 0 amide bonds. The molecule has 0 bridgehead atoms. The number of fused-ring (bicyclic) bond motifs is 2. The molecule has 4 rings (SSSR count). The smallest absolute Gasteiger partial charge is 0.308 e. The first kappa shape index (κ1) is 19.0. The van der Waals surface area contributed by atoms with Gasteiger partial charge in [-0.3, -0.25) is 9.59 Å². The average Bonchev–Trinajstić information content (AvgIpc) is 3.16. The Hall–Kier alpha value is -1.36. The highest BCUT2D eigenvalue weighted by Gasteiger charge is 2.59. The molecule has 0 unspecified atom stereocenters. The van der Waals surface area contributed by atoms with Gasteiger partial charge < -0.3 is 14.2 Å². The van der Waals surface area contributed by atoms with Gasteiger partial charge in [0.15, 0.2) is 0 Å². The fraction of sp³-hybridized carbons (Fsp3) is 0.818. The maximum Gasteiger partial charge on any atom is 0.308 e. The summed E-state index contributed by atoms with van der Waals surface area (Å²) in [7, 11) is 0. The van der Waals surface area contributed by atoms with Crippen molar-refractivity contribution < 1.29 is 23.8 Å². The molecular formula is C22H32O5. The van der Waals surface area contributed by atoms with Gasteiger partial charge in [0.2, 0.25) is 12.6 Å². The molecule has 0 aromatic carbocycles. The van der Waals surface area contributed by atoms with E-state index in [2.05, 4.69) is 27.4 Å². The number of carbonyl (C=O) groups is 2. The molecule has 2 saturated carbocycles. The summed E-state index contributed by atoms with van der Waals surface area (Å²) < 4.78 is 16.6. The summed E-state index contributed by atoms with van der Waals surface area (Å²) in [6.07, 6.45) is 5.05. The first-order valence-electron chi connectivity index (χ1n) is 10.3. The maximum absolute atomic E-state index is 11.8. The van der Waals surface area contributed by atoms with Gasteiger partial charge in [0, 0.05) is 12.8 Å². The molecule has 0 aromatic rings. The van der Waals surface area contributed by atoms with E-state index >= 15 is 0 Å². The van der Waals surface area contributed by atoms with Gasteiger partial charge in [0.1, 0.15) is 0 Å². The van der Waals surface area contributed by atoms with Crippen LogP contribution in [0.4, 0.5) is 0 Å². The molecule has 4 fully saturated rings. The summed E-state index contributed by atoms with van der Waals surface area (Å²) in [6.45, 7) is 13.1. The normalized spacial score (nSPS) is 45.1. The topological polar surface area (TPSA) is 61.8 Å². The summed E-state index contributed by atoms with van der Waals surface area (Å²) in [5, 5.41) is 0. The lowest BCUT2D eigenvalue weighted by Gasteiger charge is -2.50. The summed E-state index contributed by atoms with van der Waals surface area (Å²) in [5.74, 6) is 0.150. The number of hydrogen-bond donors (Lipinski definition) is 0. The minimum Gasteiger partial charge on any atom is -0.435 e. The van der Waals surface area contributed by atoms with Crippen LogP contribution in [0.25, 0.3) is 0 Å². The second-order valence-electron chi connectivity index (χ2n) is 9.97. The quantitative estimate of drug-likeness (QED) is 0.545. The Kier molecular flexibility index (Phi) is 4.45. The zero-order chi connectivity index (χ0) is 19.6. The van der Waals surface area contributed by atoms with Gasteiger partial charge in [-0.1, -0.05) is 39.3 Å². The number of carbonyl (C=O) groups excluding carboxylic acids is 2. The third-order valence-corrected chi connectivity index (χ3v) is 8.00. The molecule has 2 saturated heterocycles. The fourth-order valence-electron chi connectivity index (χ4n) is 6.92. The van der Waals surface area contributed by atoms with Gasteiger partial charge in [-0.2, -0.15) is 0 Å². The van der Waals surface area contributed by atoms with Crippen LogP contribution in [0, 0.1) is 34.5 Å². The van der Waals surface area contributed by atoms with Crippen LogP contribution in [0.3, 0.4) is 0 Å². The van der Waals surface area contributed by atoms with Crippen molar-refractivity contribution in [3.63, 3.8) is 0 Å². The van der Waals surface area contributed by atoms with Gasteiger partial charge in [-0.05, 0) is 48.3 Å². The molecule has 0 aromatic heterocycles. The lowest BCUT2D eigenvalue weighted by atomic mass is 9.54. The number of rotatable bonds is 3. The van der Waals surface area contributed by atoms with Crippen molar-refractivity contribution >= 4 is 11.9 Å². The van der Waals surface area contributed by atoms with Crippen LogP contribution in [0.15, 0.2) is 12.2 Å². The molecular weight excluding hydrogens is 344 g/mol. The largest absolute Gasteiger partial charge is 0.435 e. The standard InChI is InChI=1S/C22H32O5/c1-12(15-7-8-16-21(3,4)9-6-10-22(15,16)5)18-14-11-17(24)26-19(14)27-20(18)25-13(2)23/h14-16,18-20H,1,6-11H2,2-5H3/t14-,15-,16+,18+,19+,20+,22-/m1/s1. The van der Waals surface area contributed by atoms with Gasteiger partial charge in [0.05, 0.1) is 12.3 Å². The van der Waals surface area contributed by atoms with E-state index in [9.17, 15) is 9.59 Å². The lowest BCUT2D eigenvalue weighted by Crippen LogP contribution is -2.43. The summed E-state index contributed by atoms with van der Waals surface area (Å²) >= 11 is 0. The second kappa shape index (κ2) is 6.33. The van der Waals surface area contributed by atoms with Crippen LogP contribution in [0.5, 0.6) is 0 Å². The SMILES string of the molecule is C=C([C@@H]1[C@@H](OC(C)=O)O[C@@H]2OC(=O)C[C@@H]21)[C@H]1CC[C@H]2C(C)(C)CCC[C@]12C. The molecule has 4 aliphatic rings. The van der Waals surface area contributed by atoms with Gasteiger partial charge >= 0.3 is 11.9 Å². The number of hydrogen-bond acceptors (Lipinski definition) is 5. The van der Waals surface area contributed by atoms with Crippen molar-refractivity contribution in [3.05, 3.63) is 12.2 Å². The van der Waals surface area contributed by atoms with Crippen LogP contribution in [0.1, 0.15) is 66.2 Å². The molecule has 150 valence electrons. The van der Waals surface area contributed by atoms with Crippen molar-refractivity contribution in [1.82, 2.24) is 0 Å². The van der Waals surface area contributed by atoms with Crippen LogP contribution in [-0.2, 0) is 23.8 Å². The van der Waals surface area contributed by atoms with Crippen LogP contribution in [0.2, 0.25) is 0 Å². The highest BCUT2D eigenvalue weighted by Crippen LogP contribution is 2.64. The van der Waals surface area contributed by atoms with Crippen molar-refractivity contribution in [2.75, 3.05) is 0 Å². The monoisotopic (exact) mass is 376 g/mol. The van der Waals surface area contributed by atoms with E-state index in [1.807, 2.05) is 0 Å². The summed E-state index contributed by atoms with van der Waals surface area (Å²) in [6, 6.07) is 0. The van der Waals surface area contributed by atoms with E-state index in [0.717, 1.165) is 12.0 Å². The number of esters is 2. The minimum absolute atomic E-state index is 0.103. The molecule has 27 heavy (non-hydrogen) atoms. The molecule has 0 spiro atoms. The first-order chi connectivity index (χ1) is 12.6. The molecule has 2 aliphatic carbocycles. The molecule has 5 nitrogen and oxygen atoms in total. The van der Waals surface area contributed by atoms with E-state index in [1.165, 1.54) is 32.6 Å². The van der Waals surface area contributed by atoms with Crippen LogP contribution >= 0.6 is 0 Å². The fourth-order valence-corrected chi connectivity index (χ4v) is 6.92. The van der Waals surface area contributed by atoms with Crippen molar-refractivity contribution in [3.8, 4) is 0 Å². The van der Waals surface area contributed by atoms with E-state index < -0.39 is 12.6 Å². The maximum atomic E-state index is 11.8. The van der Waals surface area contributed by atoms with Gasteiger partial charge in [-0.15, -0.1) is 0 Å². The highest BCUT2D eigenvalue weighted by molar-refractivity contribution is 5.72. The van der Waals surface area contributed by atoms with Crippen molar-refractivity contribution in [2.24, 2.45) is 34.5 Å². The van der Waals surface area contributed by atoms with Crippen LogP contribution < -0.4 is 0 Å². The zero-order valence-corrected chi connectivity index (χ0v) is 17.0. The minimum atomic E-state index is -0.697. The summed E-state index contributed by atoms with van der Waals surface area (Å²) in [4.78, 5) is 23.4. The Morgan fingerprint density at radius 3 is 2.67 bits per heavy atom. The predicted octanol–water partition coefficient (Wildman–Crippen LogP) is 4.21. The molecule has 5 heteroatoms. The second-order valence-corrected chi connectivity index (χ2v) is 9.97. The Morgan fingerprint density at radius 2 is 1.96 bits per heavy atom. The van der Waals surface area contributed by atoms with E-state index in [-0.39, 0.29) is 29.2 Å². The lowest BCUT2D eigenvalue weighted by molar-refractivity contribution is -0.207. The first-order valence-corrected chi connectivity index (χ1v) is 10.3. The van der Waals surface area contributed by atoms with Crippen molar-refractivity contribution in [2.45, 2.75) is 78.8 Å². The third-order valence-electron chi connectivity index (χ3n) is 8.00. The van der Waals surface area contributed by atoms with Gasteiger partial charge in [-0.25, -0.2) is 0 Å². The molecule has 7 atom stereocenters. The Labute approximate surface area is 161 Å². The van der Waals surface area contributed by atoms with E-state index in [0.29, 0.717) is 23.7 Å². The van der Waals surface area contributed by atoms with Crippen molar-refractivity contribution in [1.29, 1.82) is 0 Å². The molecule has 0 N–H and O–H groups in total. The number of ether oxygens (including phenoxy) is 3. The predicted molar refractivity (Wildman–Crippen MR) is 99.2 cm³/mol. The Balaban J connectivity index is 1.62. The van der Waals surface area contributed by atoms with E-state index in [1.54, 1.807) is 0 Å². The highest BCUT2D eigenvalue weighted by atomic mass is 16.8. The average molecular weight is 376 g/mol. The Bertz CT molecular complexity index is 668. The van der Waals surface area contributed by atoms with Crippen LogP contribution in [-0.4, -0.2) is 24.5 Å². The molecule has 2 heterocycles. The molecule has 0 radical (unpaired) electrons. The zero-order valence-electron chi connectivity index (χ0n) is 17.0. The third kappa shape index (κ3) is 2.93. The Morgan fingerprint density at radius 1 is 1.22 bits per heavy atom. The van der Waals surface area contributed by atoms with E-state index in [4.69, 9.17) is 14.2 Å². The summed E-state index contributed by atoms with van der Waals surface area (Å²) in [5.41, 5.74) is 1.65. The van der Waals surface area contributed by atoms with Gasteiger partial charge in [0.25, 0.3) is 0 Å². The molecule has 2 aliphatic heterocycles.